The van der Waals surface area contributed by atoms with Crippen molar-refractivity contribution in [3.8, 4) is 0 Å². The molecule has 156 valence electrons. The first-order valence-corrected chi connectivity index (χ1v) is 12.4. The van der Waals surface area contributed by atoms with Crippen LogP contribution >= 0.6 is 58.7 Å². The lowest BCUT2D eigenvalue weighted by molar-refractivity contribution is 0.191. The summed E-state index contributed by atoms with van der Waals surface area (Å²) in [5.74, 6) is 2.20. The highest BCUT2D eigenvalue weighted by molar-refractivity contribution is 14.0. The molecule has 0 aromatic carbocycles. The highest BCUT2D eigenvalue weighted by Gasteiger charge is 2.23. The van der Waals surface area contributed by atoms with Gasteiger partial charge in [0.05, 0.1) is 16.6 Å². The van der Waals surface area contributed by atoms with Crippen LogP contribution in [0.1, 0.15) is 17.9 Å². The van der Waals surface area contributed by atoms with E-state index in [2.05, 4.69) is 15.6 Å². The average molecular weight is 569 g/mol. The molecule has 2 heterocycles. The number of thiophene rings is 1. The predicted octanol–water partition coefficient (Wildman–Crippen LogP) is 1.99. The molecule has 0 saturated carbocycles. The quantitative estimate of drug-likeness (QED) is 0.252. The van der Waals surface area contributed by atoms with Gasteiger partial charge in [0.1, 0.15) is 6.10 Å². The average Bonchev–Trinajstić information content (AvgIpc) is 3.06. The van der Waals surface area contributed by atoms with E-state index >= 15 is 0 Å². The van der Waals surface area contributed by atoms with Gasteiger partial charge in [-0.3, -0.25) is 4.99 Å². The minimum atomic E-state index is -3.25. The van der Waals surface area contributed by atoms with Crippen molar-refractivity contribution in [2.24, 2.45) is 4.99 Å². The van der Waals surface area contributed by atoms with E-state index in [0.29, 0.717) is 29.9 Å². The van der Waals surface area contributed by atoms with Crippen molar-refractivity contribution in [2.75, 3.05) is 50.0 Å². The van der Waals surface area contributed by atoms with Gasteiger partial charge in [0.15, 0.2) is 5.96 Å². The van der Waals surface area contributed by atoms with E-state index in [-0.39, 0.29) is 42.8 Å². The number of thioether (sulfide) groups is 1. The van der Waals surface area contributed by atoms with Crippen molar-refractivity contribution in [2.45, 2.75) is 13.0 Å². The Bertz CT molecular complexity index is 696. The van der Waals surface area contributed by atoms with Crippen molar-refractivity contribution in [1.29, 1.82) is 0 Å². The molecule has 0 spiro atoms. The fourth-order valence-electron chi connectivity index (χ4n) is 2.37. The summed E-state index contributed by atoms with van der Waals surface area (Å²) in [5, 5.41) is 16.2. The van der Waals surface area contributed by atoms with Gasteiger partial charge in [0, 0.05) is 42.6 Å². The van der Waals surface area contributed by atoms with Crippen LogP contribution in [0.2, 0.25) is 4.34 Å². The maximum atomic E-state index is 12.3. The highest BCUT2D eigenvalue weighted by atomic mass is 127. The van der Waals surface area contributed by atoms with Crippen molar-refractivity contribution in [1.82, 2.24) is 14.9 Å². The summed E-state index contributed by atoms with van der Waals surface area (Å²) < 4.78 is 26.9. The van der Waals surface area contributed by atoms with Crippen LogP contribution in [0.4, 0.5) is 0 Å². The lowest BCUT2D eigenvalue weighted by atomic mass is 10.3. The highest BCUT2D eigenvalue weighted by Crippen LogP contribution is 2.26. The van der Waals surface area contributed by atoms with Crippen LogP contribution in [-0.2, 0) is 10.0 Å². The zero-order chi connectivity index (χ0) is 19.0. The van der Waals surface area contributed by atoms with Crippen LogP contribution in [0.5, 0.6) is 0 Å². The van der Waals surface area contributed by atoms with Crippen LogP contribution in [0.15, 0.2) is 17.1 Å². The number of hydrogen-bond acceptors (Lipinski definition) is 6. The lowest BCUT2D eigenvalue weighted by Crippen LogP contribution is -2.44. The molecular formula is C15H26ClIN4O3S3. The first-order chi connectivity index (χ1) is 12.4. The fraction of sp³-hybridized carbons (Fsp3) is 0.667. The van der Waals surface area contributed by atoms with E-state index in [1.54, 1.807) is 28.2 Å². The smallest absolute Gasteiger partial charge is 0.215 e. The number of sulfonamides is 1. The van der Waals surface area contributed by atoms with Gasteiger partial charge in [0.2, 0.25) is 10.0 Å². The lowest BCUT2D eigenvalue weighted by Gasteiger charge is -2.25. The van der Waals surface area contributed by atoms with Gasteiger partial charge in [-0.2, -0.15) is 11.8 Å². The predicted molar refractivity (Wildman–Crippen MR) is 126 cm³/mol. The summed E-state index contributed by atoms with van der Waals surface area (Å²) in [5.41, 5.74) is 0. The monoisotopic (exact) mass is 568 g/mol. The van der Waals surface area contributed by atoms with Crippen molar-refractivity contribution in [3.05, 3.63) is 21.3 Å². The Balaban J connectivity index is 0.00000364. The number of aliphatic hydroxyl groups excluding tert-OH is 1. The number of guanidine groups is 1. The summed E-state index contributed by atoms with van der Waals surface area (Å²) in [4.78, 5) is 5.08. The molecule has 1 fully saturated rings. The minimum Gasteiger partial charge on any atom is -0.386 e. The van der Waals surface area contributed by atoms with E-state index in [1.165, 1.54) is 11.3 Å². The standard InChI is InChI=1S/C15H25ClN4O3S3.HI/c1-2-17-15(19-11-12(21)13-3-4-14(16)25-13)18-5-10-26(22,23)20-6-8-24-9-7-20;/h3-4,12,21H,2,5-11H2,1H3,(H2,17,18,19);1H. The largest absolute Gasteiger partial charge is 0.386 e. The molecule has 12 heteroatoms. The van der Waals surface area contributed by atoms with Gasteiger partial charge in [-0.15, -0.1) is 35.3 Å². The molecule has 0 amide bonds. The first kappa shape index (κ1) is 25.2. The van der Waals surface area contributed by atoms with Crippen LogP contribution in [0, 0.1) is 0 Å². The number of halogens is 2. The molecule has 7 nitrogen and oxygen atoms in total. The van der Waals surface area contributed by atoms with Crippen molar-refractivity contribution >= 4 is 74.7 Å². The van der Waals surface area contributed by atoms with E-state index in [4.69, 9.17) is 11.6 Å². The topological polar surface area (TPSA) is 94.0 Å². The SMILES string of the molecule is CCNC(=NCC(O)c1ccc(Cl)s1)NCCS(=O)(=O)N1CCSCC1.I. The van der Waals surface area contributed by atoms with Crippen LogP contribution in [0.25, 0.3) is 0 Å². The molecule has 1 aliphatic heterocycles. The number of aliphatic hydroxyl groups is 1. The summed E-state index contributed by atoms with van der Waals surface area (Å²) in [7, 11) is -3.25. The maximum Gasteiger partial charge on any atom is 0.215 e. The zero-order valence-electron chi connectivity index (χ0n) is 15.1. The Hall–Kier alpha value is 0.210. The van der Waals surface area contributed by atoms with Crippen molar-refractivity contribution < 1.29 is 13.5 Å². The molecule has 1 atom stereocenters. The van der Waals surface area contributed by atoms with Gasteiger partial charge in [-0.1, -0.05) is 11.6 Å². The van der Waals surface area contributed by atoms with Crippen LogP contribution in [0.3, 0.4) is 0 Å². The van der Waals surface area contributed by atoms with E-state index < -0.39 is 16.1 Å². The third kappa shape index (κ3) is 8.62. The Morgan fingerprint density at radius 3 is 2.67 bits per heavy atom. The van der Waals surface area contributed by atoms with Gasteiger partial charge < -0.3 is 15.7 Å². The summed E-state index contributed by atoms with van der Waals surface area (Å²) >= 11 is 8.97. The molecule has 1 aromatic rings. The van der Waals surface area contributed by atoms with Crippen molar-refractivity contribution in [3.63, 3.8) is 0 Å². The second-order valence-corrected chi connectivity index (χ2v) is 10.7. The third-order valence-corrected chi connectivity index (χ3v) is 7.85. The molecule has 1 aliphatic rings. The summed E-state index contributed by atoms with van der Waals surface area (Å²) in [6.45, 7) is 4.16. The van der Waals surface area contributed by atoms with Crippen LogP contribution in [-0.4, -0.2) is 73.8 Å². The summed E-state index contributed by atoms with van der Waals surface area (Å²) in [6, 6.07) is 3.51. The molecule has 0 aliphatic carbocycles. The Labute approximate surface area is 191 Å². The molecule has 1 aromatic heterocycles. The molecule has 0 bridgehead atoms. The molecule has 0 radical (unpaired) electrons. The Morgan fingerprint density at radius 1 is 1.37 bits per heavy atom. The van der Waals surface area contributed by atoms with Gasteiger partial charge in [0.25, 0.3) is 0 Å². The Morgan fingerprint density at radius 2 is 2.07 bits per heavy atom. The van der Waals surface area contributed by atoms with E-state index in [1.807, 2.05) is 6.92 Å². The van der Waals surface area contributed by atoms with Crippen LogP contribution < -0.4 is 10.6 Å². The molecular weight excluding hydrogens is 543 g/mol. The number of hydrogen-bond donors (Lipinski definition) is 3. The fourth-order valence-corrected chi connectivity index (χ4v) is 5.90. The molecule has 1 unspecified atom stereocenters. The molecule has 27 heavy (non-hydrogen) atoms. The Kier molecular flexibility index (Phi) is 11.9. The summed E-state index contributed by atoms with van der Waals surface area (Å²) in [6.07, 6.45) is -0.738. The van der Waals surface area contributed by atoms with E-state index in [0.717, 1.165) is 16.4 Å². The first-order valence-electron chi connectivity index (χ1n) is 8.43. The number of rotatable bonds is 8. The third-order valence-electron chi connectivity index (χ3n) is 3.70. The molecule has 2 rings (SSSR count). The van der Waals surface area contributed by atoms with Gasteiger partial charge >= 0.3 is 0 Å². The second kappa shape index (κ2) is 12.7. The maximum absolute atomic E-state index is 12.3. The van der Waals surface area contributed by atoms with Gasteiger partial charge in [-0.25, -0.2) is 12.7 Å². The number of nitrogens with one attached hydrogen (secondary N) is 2. The number of nitrogens with zero attached hydrogens (tertiary/aromatic N) is 2. The second-order valence-electron chi connectivity index (χ2n) is 5.63. The normalized spacial score (nSPS) is 17.2. The number of aliphatic imine (C=N–C) groups is 1. The zero-order valence-corrected chi connectivity index (χ0v) is 20.6. The van der Waals surface area contributed by atoms with E-state index in [9.17, 15) is 13.5 Å². The molecule has 1 saturated heterocycles. The molecule has 3 N–H and O–H groups in total. The minimum absolute atomic E-state index is 0. The van der Waals surface area contributed by atoms with Gasteiger partial charge in [-0.05, 0) is 19.1 Å².